The highest BCUT2D eigenvalue weighted by molar-refractivity contribution is 5.99. The molecule has 2 aromatic carbocycles. The Morgan fingerprint density at radius 2 is 1.95 bits per heavy atom. The standard InChI is InChI=1S/C14H13N3O3/c1-10(11-5-7-14(18)8-6-11)15-16-12-3-2-4-13(9-12)17(19)20/h2-9,16,18H,1H3/b15-10-. The van der Waals surface area contributed by atoms with Crippen molar-refractivity contribution in [3.05, 3.63) is 64.2 Å². The Morgan fingerprint density at radius 3 is 2.60 bits per heavy atom. The number of phenols is 1. The van der Waals surface area contributed by atoms with Gasteiger partial charge in [-0.15, -0.1) is 0 Å². The summed E-state index contributed by atoms with van der Waals surface area (Å²) in [5.74, 6) is 0.188. The number of anilines is 1. The largest absolute Gasteiger partial charge is 0.508 e. The van der Waals surface area contributed by atoms with Crippen molar-refractivity contribution in [3.8, 4) is 5.75 Å². The minimum Gasteiger partial charge on any atom is -0.508 e. The van der Waals surface area contributed by atoms with E-state index < -0.39 is 4.92 Å². The first-order valence-electron chi connectivity index (χ1n) is 5.90. The smallest absolute Gasteiger partial charge is 0.271 e. The number of phenolic OH excluding ortho intramolecular Hbond substituents is 1. The molecule has 0 aliphatic carbocycles. The zero-order valence-electron chi connectivity index (χ0n) is 10.8. The summed E-state index contributed by atoms with van der Waals surface area (Å²) in [6.07, 6.45) is 0. The van der Waals surface area contributed by atoms with Gasteiger partial charge in [0.15, 0.2) is 0 Å². The first-order chi connectivity index (χ1) is 9.56. The number of aromatic hydroxyl groups is 1. The minimum atomic E-state index is -0.457. The van der Waals surface area contributed by atoms with E-state index in [1.165, 1.54) is 12.1 Å². The van der Waals surface area contributed by atoms with Crippen molar-refractivity contribution in [1.82, 2.24) is 0 Å². The molecule has 0 heterocycles. The van der Waals surface area contributed by atoms with Crippen LogP contribution in [0, 0.1) is 10.1 Å². The molecular weight excluding hydrogens is 258 g/mol. The van der Waals surface area contributed by atoms with E-state index in [1.54, 1.807) is 43.3 Å². The molecule has 0 aliphatic heterocycles. The molecule has 0 aromatic heterocycles. The average molecular weight is 271 g/mol. The third-order valence-electron chi connectivity index (χ3n) is 2.69. The molecule has 0 radical (unpaired) electrons. The number of nitro groups is 1. The van der Waals surface area contributed by atoms with E-state index in [0.717, 1.165) is 5.56 Å². The molecule has 2 rings (SSSR count). The molecule has 0 amide bonds. The van der Waals surface area contributed by atoms with Gasteiger partial charge in [-0.3, -0.25) is 15.5 Å². The van der Waals surface area contributed by atoms with E-state index in [9.17, 15) is 15.2 Å². The van der Waals surface area contributed by atoms with E-state index in [2.05, 4.69) is 10.5 Å². The number of rotatable bonds is 4. The summed E-state index contributed by atoms with van der Waals surface area (Å²) in [4.78, 5) is 10.2. The van der Waals surface area contributed by atoms with Gasteiger partial charge in [0.25, 0.3) is 5.69 Å². The van der Waals surface area contributed by atoms with Gasteiger partial charge in [-0.1, -0.05) is 6.07 Å². The molecule has 0 saturated heterocycles. The minimum absolute atomic E-state index is 0.00693. The molecule has 0 bridgehead atoms. The second-order valence-corrected chi connectivity index (χ2v) is 4.16. The quantitative estimate of drug-likeness (QED) is 0.508. The Balaban J connectivity index is 2.14. The molecule has 0 spiro atoms. The van der Waals surface area contributed by atoms with Crippen LogP contribution in [0.25, 0.3) is 0 Å². The SMILES string of the molecule is C/C(=N/Nc1cccc([N+](=O)[O-])c1)c1ccc(O)cc1. The lowest BCUT2D eigenvalue weighted by molar-refractivity contribution is -0.384. The number of nitrogens with zero attached hydrogens (tertiary/aromatic N) is 2. The van der Waals surface area contributed by atoms with Crippen molar-refractivity contribution in [3.63, 3.8) is 0 Å². The molecule has 6 nitrogen and oxygen atoms in total. The van der Waals surface area contributed by atoms with Crippen LogP contribution in [0.3, 0.4) is 0 Å². The van der Waals surface area contributed by atoms with Gasteiger partial charge in [0, 0.05) is 12.1 Å². The van der Waals surface area contributed by atoms with Gasteiger partial charge in [0.2, 0.25) is 0 Å². The lowest BCUT2D eigenvalue weighted by Crippen LogP contribution is -1.99. The highest BCUT2D eigenvalue weighted by Crippen LogP contribution is 2.17. The van der Waals surface area contributed by atoms with Crippen LogP contribution in [-0.4, -0.2) is 15.7 Å². The van der Waals surface area contributed by atoms with Gasteiger partial charge in [0.05, 0.1) is 16.3 Å². The molecule has 6 heteroatoms. The molecule has 20 heavy (non-hydrogen) atoms. The normalized spacial score (nSPS) is 11.2. The van der Waals surface area contributed by atoms with Crippen LogP contribution in [0.1, 0.15) is 12.5 Å². The van der Waals surface area contributed by atoms with Crippen LogP contribution in [0.2, 0.25) is 0 Å². The summed E-state index contributed by atoms with van der Waals surface area (Å²) in [6, 6.07) is 12.7. The summed E-state index contributed by atoms with van der Waals surface area (Å²) in [7, 11) is 0. The maximum atomic E-state index is 10.7. The molecule has 0 atom stereocenters. The fraction of sp³-hybridized carbons (Fsp3) is 0.0714. The van der Waals surface area contributed by atoms with E-state index in [4.69, 9.17) is 0 Å². The van der Waals surface area contributed by atoms with Gasteiger partial charge in [-0.25, -0.2) is 0 Å². The molecule has 0 saturated carbocycles. The van der Waals surface area contributed by atoms with Crippen molar-refractivity contribution >= 4 is 17.1 Å². The topological polar surface area (TPSA) is 87.8 Å². The van der Waals surface area contributed by atoms with Gasteiger partial charge < -0.3 is 5.11 Å². The van der Waals surface area contributed by atoms with Crippen LogP contribution in [0.5, 0.6) is 5.75 Å². The summed E-state index contributed by atoms with van der Waals surface area (Å²) >= 11 is 0. The highest BCUT2D eigenvalue weighted by atomic mass is 16.6. The summed E-state index contributed by atoms with van der Waals surface area (Å²) in [5.41, 5.74) is 4.87. The van der Waals surface area contributed by atoms with E-state index in [1.807, 2.05) is 0 Å². The van der Waals surface area contributed by atoms with Crippen LogP contribution < -0.4 is 5.43 Å². The molecular formula is C14H13N3O3. The molecule has 0 fully saturated rings. The first-order valence-corrected chi connectivity index (χ1v) is 5.90. The Hall–Kier alpha value is -2.89. The summed E-state index contributed by atoms with van der Waals surface area (Å²) < 4.78 is 0. The maximum Gasteiger partial charge on any atom is 0.271 e. The molecule has 2 aromatic rings. The van der Waals surface area contributed by atoms with Gasteiger partial charge >= 0.3 is 0 Å². The fourth-order valence-electron chi connectivity index (χ4n) is 1.60. The van der Waals surface area contributed by atoms with Crippen molar-refractivity contribution < 1.29 is 10.0 Å². The average Bonchev–Trinajstić information content (AvgIpc) is 2.46. The number of benzene rings is 2. The van der Waals surface area contributed by atoms with E-state index in [0.29, 0.717) is 11.4 Å². The molecule has 0 aliphatic rings. The van der Waals surface area contributed by atoms with Crippen LogP contribution in [0.15, 0.2) is 53.6 Å². The first kappa shape index (κ1) is 13.5. The molecule has 2 N–H and O–H groups in total. The number of hydrazone groups is 1. The number of non-ortho nitro benzene ring substituents is 1. The second kappa shape index (κ2) is 5.83. The Bertz CT molecular complexity index is 651. The summed E-state index contributed by atoms with van der Waals surface area (Å²) in [6.45, 7) is 1.80. The van der Waals surface area contributed by atoms with Crippen molar-refractivity contribution in [2.45, 2.75) is 6.92 Å². The zero-order valence-corrected chi connectivity index (χ0v) is 10.8. The Morgan fingerprint density at radius 1 is 1.25 bits per heavy atom. The third kappa shape index (κ3) is 3.32. The third-order valence-corrected chi connectivity index (χ3v) is 2.69. The van der Waals surface area contributed by atoms with Gasteiger partial charge in [-0.2, -0.15) is 5.10 Å². The lowest BCUT2D eigenvalue weighted by atomic mass is 10.1. The number of hydrogen-bond acceptors (Lipinski definition) is 5. The van der Waals surface area contributed by atoms with Crippen molar-refractivity contribution in [2.75, 3.05) is 5.43 Å². The molecule has 102 valence electrons. The Labute approximate surface area is 115 Å². The van der Waals surface area contributed by atoms with Gasteiger partial charge in [0.1, 0.15) is 5.75 Å². The van der Waals surface area contributed by atoms with Crippen molar-refractivity contribution in [2.24, 2.45) is 5.10 Å². The Kier molecular flexibility index (Phi) is 3.95. The monoisotopic (exact) mass is 271 g/mol. The molecule has 0 unspecified atom stereocenters. The highest BCUT2D eigenvalue weighted by Gasteiger charge is 2.05. The maximum absolute atomic E-state index is 10.7. The predicted octanol–water partition coefficient (Wildman–Crippen LogP) is 3.14. The van der Waals surface area contributed by atoms with Crippen LogP contribution in [-0.2, 0) is 0 Å². The van der Waals surface area contributed by atoms with Gasteiger partial charge in [-0.05, 0) is 42.8 Å². The van der Waals surface area contributed by atoms with Crippen molar-refractivity contribution in [1.29, 1.82) is 0 Å². The fourth-order valence-corrected chi connectivity index (χ4v) is 1.60. The van der Waals surface area contributed by atoms with E-state index in [-0.39, 0.29) is 11.4 Å². The van der Waals surface area contributed by atoms with Crippen LogP contribution >= 0.6 is 0 Å². The number of nitro benzene ring substituents is 1. The lowest BCUT2D eigenvalue weighted by Gasteiger charge is -2.04. The van der Waals surface area contributed by atoms with E-state index >= 15 is 0 Å². The summed E-state index contributed by atoms with van der Waals surface area (Å²) in [5, 5.41) is 24.0. The van der Waals surface area contributed by atoms with Crippen LogP contribution in [0.4, 0.5) is 11.4 Å². The predicted molar refractivity (Wildman–Crippen MR) is 77.0 cm³/mol. The number of hydrogen-bond donors (Lipinski definition) is 2. The second-order valence-electron chi connectivity index (χ2n) is 4.16. The zero-order chi connectivity index (χ0) is 14.5. The number of nitrogens with one attached hydrogen (secondary N) is 1.